The molecule has 0 spiro atoms. The van der Waals surface area contributed by atoms with Gasteiger partial charge in [0.05, 0.1) is 6.42 Å². The molecule has 4 nitrogen and oxygen atoms in total. The monoisotopic (exact) mass is 325 g/mol. The normalized spacial score (nSPS) is 17.2. The topological polar surface area (TPSA) is 66.4 Å². The van der Waals surface area contributed by atoms with E-state index in [1.54, 1.807) is 0 Å². The molecule has 1 aliphatic heterocycles. The van der Waals surface area contributed by atoms with Gasteiger partial charge in [0.1, 0.15) is 5.78 Å². The Morgan fingerprint density at radius 3 is 2.67 bits per heavy atom. The number of carbonyl (C=O) groups is 2. The maximum atomic E-state index is 12.7. The first kappa shape index (κ1) is 16.5. The fourth-order valence-corrected chi connectivity index (χ4v) is 3.59. The molecule has 0 unspecified atom stereocenters. The van der Waals surface area contributed by atoms with Crippen LogP contribution in [-0.2, 0) is 16.0 Å². The summed E-state index contributed by atoms with van der Waals surface area (Å²) in [7, 11) is 0. The number of benzene rings is 2. The zero-order valence-corrected chi connectivity index (χ0v) is 14.1. The van der Waals surface area contributed by atoms with Gasteiger partial charge in [0.15, 0.2) is 0 Å². The fraction of sp³-hybridized carbons (Fsp3) is 0.400. The van der Waals surface area contributed by atoms with E-state index in [1.165, 1.54) is 16.3 Å². The van der Waals surface area contributed by atoms with Gasteiger partial charge in [-0.15, -0.1) is 0 Å². The van der Waals surface area contributed by atoms with E-state index in [0.29, 0.717) is 19.4 Å². The lowest BCUT2D eigenvalue weighted by molar-refractivity contribution is -0.139. The lowest BCUT2D eigenvalue weighted by Crippen LogP contribution is -2.33. The van der Waals surface area contributed by atoms with Crippen molar-refractivity contribution in [3.05, 3.63) is 42.0 Å². The van der Waals surface area contributed by atoms with E-state index in [-0.39, 0.29) is 18.1 Å². The van der Waals surface area contributed by atoms with E-state index < -0.39 is 11.4 Å². The highest BCUT2D eigenvalue weighted by Gasteiger charge is 2.31. The first-order valence-corrected chi connectivity index (χ1v) is 8.35. The molecule has 2 aromatic rings. The summed E-state index contributed by atoms with van der Waals surface area (Å²) in [5.74, 6) is -0.811. The van der Waals surface area contributed by atoms with Gasteiger partial charge in [0.25, 0.3) is 0 Å². The molecule has 0 saturated heterocycles. The summed E-state index contributed by atoms with van der Waals surface area (Å²) in [5, 5.41) is 14.7. The molecule has 1 heterocycles. The molecule has 0 fully saturated rings. The SMILES string of the molecule is CC(C)(CC(=O)O)CC(=O)[C@@H]1CNc2ccc3ccccc3c2C1. The Kier molecular flexibility index (Phi) is 4.31. The molecule has 0 bridgehead atoms. The van der Waals surface area contributed by atoms with Crippen molar-refractivity contribution >= 4 is 28.2 Å². The Labute approximate surface area is 141 Å². The number of carbonyl (C=O) groups excluding carboxylic acids is 1. The highest BCUT2D eigenvalue weighted by molar-refractivity contribution is 5.92. The summed E-state index contributed by atoms with van der Waals surface area (Å²) < 4.78 is 0. The minimum Gasteiger partial charge on any atom is -0.481 e. The van der Waals surface area contributed by atoms with Crippen LogP contribution in [0.5, 0.6) is 0 Å². The van der Waals surface area contributed by atoms with Crippen molar-refractivity contribution in [3.63, 3.8) is 0 Å². The summed E-state index contributed by atoms with van der Waals surface area (Å²) in [6, 6.07) is 12.4. The number of carboxylic acid groups (broad SMARTS) is 1. The third-order valence-electron chi connectivity index (χ3n) is 4.77. The largest absolute Gasteiger partial charge is 0.481 e. The third-order valence-corrected chi connectivity index (χ3v) is 4.77. The van der Waals surface area contributed by atoms with Crippen LogP contribution >= 0.6 is 0 Å². The van der Waals surface area contributed by atoms with Crippen LogP contribution in [0.2, 0.25) is 0 Å². The van der Waals surface area contributed by atoms with Crippen LogP contribution in [0.25, 0.3) is 10.8 Å². The summed E-state index contributed by atoms with van der Waals surface area (Å²) in [6.07, 6.45) is 1.02. The van der Waals surface area contributed by atoms with Crippen LogP contribution in [0.4, 0.5) is 5.69 Å². The Morgan fingerprint density at radius 2 is 1.92 bits per heavy atom. The van der Waals surface area contributed by atoms with Crippen LogP contribution in [-0.4, -0.2) is 23.4 Å². The first-order valence-electron chi connectivity index (χ1n) is 8.35. The number of hydrogen-bond acceptors (Lipinski definition) is 3. The molecular weight excluding hydrogens is 302 g/mol. The molecular formula is C20H23NO3. The molecule has 0 aromatic heterocycles. The average Bonchev–Trinajstić information content (AvgIpc) is 2.52. The maximum absolute atomic E-state index is 12.7. The van der Waals surface area contributed by atoms with Crippen molar-refractivity contribution in [2.24, 2.45) is 11.3 Å². The van der Waals surface area contributed by atoms with Crippen molar-refractivity contribution in [1.82, 2.24) is 0 Å². The van der Waals surface area contributed by atoms with Crippen LogP contribution in [0.3, 0.4) is 0 Å². The smallest absolute Gasteiger partial charge is 0.303 e. The van der Waals surface area contributed by atoms with Gasteiger partial charge in [-0.2, -0.15) is 0 Å². The van der Waals surface area contributed by atoms with Crippen molar-refractivity contribution in [2.75, 3.05) is 11.9 Å². The predicted octanol–water partition coefficient (Wildman–Crippen LogP) is 3.88. The minimum atomic E-state index is -0.856. The number of hydrogen-bond donors (Lipinski definition) is 2. The molecule has 3 rings (SSSR count). The lowest BCUT2D eigenvalue weighted by Gasteiger charge is -2.29. The number of rotatable bonds is 5. The highest BCUT2D eigenvalue weighted by Crippen LogP contribution is 2.34. The second-order valence-electron chi connectivity index (χ2n) is 7.47. The average molecular weight is 325 g/mol. The van der Waals surface area contributed by atoms with Gasteiger partial charge in [-0.3, -0.25) is 9.59 Å². The Morgan fingerprint density at radius 1 is 1.17 bits per heavy atom. The molecule has 4 heteroatoms. The standard InChI is InChI=1S/C20H23NO3/c1-20(2,11-19(23)24)10-18(22)14-9-16-15-6-4-3-5-13(15)7-8-17(16)21-12-14/h3-8,14,21H,9-12H2,1-2H3,(H,23,24)/t14-/m0/s1. The van der Waals surface area contributed by atoms with Crippen LogP contribution in [0.1, 0.15) is 32.3 Å². The second-order valence-corrected chi connectivity index (χ2v) is 7.47. The molecule has 1 atom stereocenters. The lowest BCUT2D eigenvalue weighted by atomic mass is 9.78. The quantitative estimate of drug-likeness (QED) is 0.875. The Bertz CT molecular complexity index is 795. The fourth-order valence-electron chi connectivity index (χ4n) is 3.59. The summed E-state index contributed by atoms with van der Waals surface area (Å²) in [5.41, 5.74) is 1.78. The van der Waals surface area contributed by atoms with Gasteiger partial charge < -0.3 is 10.4 Å². The minimum absolute atomic E-state index is 0.0123. The van der Waals surface area contributed by atoms with E-state index >= 15 is 0 Å². The second kappa shape index (κ2) is 6.27. The molecule has 0 aliphatic carbocycles. The van der Waals surface area contributed by atoms with E-state index in [9.17, 15) is 9.59 Å². The summed E-state index contributed by atoms with van der Waals surface area (Å²) in [4.78, 5) is 23.7. The number of aliphatic carboxylic acids is 1. The molecule has 24 heavy (non-hydrogen) atoms. The zero-order valence-electron chi connectivity index (χ0n) is 14.1. The number of anilines is 1. The van der Waals surface area contributed by atoms with Crippen LogP contribution in [0.15, 0.2) is 36.4 Å². The van der Waals surface area contributed by atoms with E-state index in [1.807, 2.05) is 26.0 Å². The highest BCUT2D eigenvalue weighted by atomic mass is 16.4. The number of fused-ring (bicyclic) bond motifs is 3. The molecule has 0 radical (unpaired) electrons. The van der Waals surface area contributed by atoms with E-state index in [0.717, 1.165) is 5.69 Å². The zero-order chi connectivity index (χ0) is 17.3. The molecule has 1 aliphatic rings. The number of carboxylic acids is 1. The van der Waals surface area contributed by atoms with Gasteiger partial charge in [0, 0.05) is 24.6 Å². The Balaban J connectivity index is 1.80. The van der Waals surface area contributed by atoms with Crippen LogP contribution in [0, 0.1) is 11.3 Å². The van der Waals surface area contributed by atoms with Gasteiger partial charge in [-0.25, -0.2) is 0 Å². The van der Waals surface area contributed by atoms with Crippen molar-refractivity contribution < 1.29 is 14.7 Å². The van der Waals surface area contributed by atoms with Crippen LogP contribution < -0.4 is 5.32 Å². The van der Waals surface area contributed by atoms with Gasteiger partial charge in [0.2, 0.25) is 0 Å². The maximum Gasteiger partial charge on any atom is 0.303 e. The number of nitrogens with one attached hydrogen (secondary N) is 1. The number of ketones is 1. The van der Waals surface area contributed by atoms with Crippen molar-refractivity contribution in [2.45, 2.75) is 33.1 Å². The summed E-state index contributed by atoms with van der Waals surface area (Å²) >= 11 is 0. The molecule has 0 amide bonds. The van der Waals surface area contributed by atoms with Crippen molar-refractivity contribution in [1.29, 1.82) is 0 Å². The van der Waals surface area contributed by atoms with Gasteiger partial charge in [-0.05, 0) is 34.2 Å². The Hall–Kier alpha value is -2.36. The first-order chi connectivity index (χ1) is 11.4. The van der Waals surface area contributed by atoms with Crippen molar-refractivity contribution in [3.8, 4) is 0 Å². The molecule has 0 saturated carbocycles. The summed E-state index contributed by atoms with van der Waals surface area (Å²) in [6.45, 7) is 4.31. The van der Waals surface area contributed by atoms with E-state index in [4.69, 9.17) is 5.11 Å². The number of Topliss-reactive ketones (excluding diaryl/α,β-unsaturated/α-hetero) is 1. The molecule has 126 valence electrons. The van der Waals surface area contributed by atoms with Gasteiger partial charge >= 0.3 is 5.97 Å². The van der Waals surface area contributed by atoms with Gasteiger partial charge in [-0.1, -0.05) is 44.2 Å². The molecule has 2 N–H and O–H groups in total. The predicted molar refractivity (Wildman–Crippen MR) is 95.3 cm³/mol. The molecule has 2 aromatic carbocycles. The van der Waals surface area contributed by atoms with E-state index in [2.05, 4.69) is 29.6 Å². The third kappa shape index (κ3) is 3.42.